The Hall–Kier alpha value is -1.85. The fourth-order valence-corrected chi connectivity index (χ4v) is 1.63. The summed E-state index contributed by atoms with van der Waals surface area (Å²) in [6.07, 6.45) is 5.02. The number of hydrogen-bond donors (Lipinski definition) is 3. The zero-order chi connectivity index (χ0) is 13.0. The van der Waals surface area contributed by atoms with Gasteiger partial charge in [-0.25, -0.2) is 9.97 Å². The molecule has 0 aliphatic heterocycles. The highest BCUT2D eigenvalue weighted by atomic mass is 16.1. The lowest BCUT2D eigenvalue weighted by Gasteiger charge is -2.09. The third-order valence-electron chi connectivity index (χ3n) is 2.94. The molecule has 1 saturated carbocycles. The van der Waals surface area contributed by atoms with Crippen LogP contribution in [0.1, 0.15) is 31.2 Å². The molecule has 1 aromatic heterocycles. The molecule has 0 atom stereocenters. The van der Waals surface area contributed by atoms with Gasteiger partial charge in [0.2, 0.25) is 5.91 Å². The van der Waals surface area contributed by atoms with Crippen molar-refractivity contribution in [3.63, 3.8) is 0 Å². The number of amides is 1. The summed E-state index contributed by atoms with van der Waals surface area (Å²) in [4.78, 5) is 19.5. The Morgan fingerprint density at radius 1 is 1.50 bits per heavy atom. The second-order valence-electron chi connectivity index (χ2n) is 4.60. The highest BCUT2D eigenvalue weighted by molar-refractivity contribution is 5.76. The van der Waals surface area contributed by atoms with E-state index >= 15 is 0 Å². The smallest absolute Gasteiger partial charge is 0.220 e. The summed E-state index contributed by atoms with van der Waals surface area (Å²) in [6, 6.07) is 0.439. The SMILES string of the molecule is Cc1c(N)ncnc1NCCCC(=O)NC1CC1. The lowest BCUT2D eigenvalue weighted by Crippen LogP contribution is -2.25. The van der Waals surface area contributed by atoms with Crippen molar-refractivity contribution in [3.05, 3.63) is 11.9 Å². The molecule has 1 aliphatic rings. The summed E-state index contributed by atoms with van der Waals surface area (Å²) in [5.74, 6) is 1.36. The molecule has 0 radical (unpaired) electrons. The van der Waals surface area contributed by atoms with E-state index in [1.807, 2.05) is 6.92 Å². The zero-order valence-corrected chi connectivity index (χ0v) is 10.6. The van der Waals surface area contributed by atoms with Gasteiger partial charge in [-0.05, 0) is 26.2 Å². The highest BCUT2D eigenvalue weighted by Gasteiger charge is 2.22. The molecular formula is C12H19N5O. The summed E-state index contributed by atoms with van der Waals surface area (Å²) in [7, 11) is 0. The Morgan fingerprint density at radius 2 is 2.28 bits per heavy atom. The minimum atomic E-state index is 0.137. The Balaban J connectivity index is 1.68. The van der Waals surface area contributed by atoms with Gasteiger partial charge in [0.15, 0.2) is 0 Å². The van der Waals surface area contributed by atoms with Crippen molar-refractivity contribution < 1.29 is 4.79 Å². The molecule has 6 nitrogen and oxygen atoms in total. The molecule has 0 spiro atoms. The van der Waals surface area contributed by atoms with Crippen LogP contribution >= 0.6 is 0 Å². The second-order valence-corrected chi connectivity index (χ2v) is 4.60. The minimum absolute atomic E-state index is 0.137. The van der Waals surface area contributed by atoms with Crippen molar-refractivity contribution in [2.75, 3.05) is 17.6 Å². The molecule has 6 heteroatoms. The van der Waals surface area contributed by atoms with Crippen LogP contribution in [-0.2, 0) is 4.79 Å². The van der Waals surface area contributed by atoms with Crippen LogP contribution in [0.5, 0.6) is 0 Å². The van der Waals surface area contributed by atoms with Crippen LogP contribution in [0.25, 0.3) is 0 Å². The second kappa shape index (κ2) is 5.66. The predicted octanol–water partition coefficient (Wildman–Crippen LogP) is 0.838. The van der Waals surface area contributed by atoms with Gasteiger partial charge in [0.1, 0.15) is 18.0 Å². The summed E-state index contributed by atoms with van der Waals surface area (Å²) >= 11 is 0. The Morgan fingerprint density at radius 3 is 3.00 bits per heavy atom. The highest BCUT2D eigenvalue weighted by Crippen LogP contribution is 2.18. The normalized spacial score (nSPS) is 14.3. The van der Waals surface area contributed by atoms with E-state index in [1.54, 1.807) is 0 Å². The molecule has 1 amide bonds. The van der Waals surface area contributed by atoms with Crippen LogP contribution < -0.4 is 16.4 Å². The number of nitrogens with two attached hydrogens (primary N) is 1. The molecule has 2 rings (SSSR count). The topological polar surface area (TPSA) is 92.9 Å². The zero-order valence-electron chi connectivity index (χ0n) is 10.6. The van der Waals surface area contributed by atoms with Gasteiger partial charge in [-0.1, -0.05) is 0 Å². The third kappa shape index (κ3) is 3.58. The number of hydrogen-bond acceptors (Lipinski definition) is 5. The van der Waals surface area contributed by atoms with E-state index in [4.69, 9.17) is 5.73 Å². The van der Waals surface area contributed by atoms with Gasteiger partial charge in [-0.2, -0.15) is 0 Å². The van der Waals surface area contributed by atoms with Crippen molar-refractivity contribution in [3.8, 4) is 0 Å². The van der Waals surface area contributed by atoms with Gasteiger partial charge in [-0.15, -0.1) is 0 Å². The average molecular weight is 249 g/mol. The molecule has 1 heterocycles. The van der Waals surface area contributed by atoms with E-state index < -0.39 is 0 Å². The van der Waals surface area contributed by atoms with Crippen LogP contribution in [0.3, 0.4) is 0 Å². The Kier molecular flexibility index (Phi) is 3.96. The summed E-state index contributed by atoms with van der Waals surface area (Å²) in [5.41, 5.74) is 6.53. The van der Waals surface area contributed by atoms with Crippen LogP contribution in [-0.4, -0.2) is 28.5 Å². The predicted molar refractivity (Wildman–Crippen MR) is 70.1 cm³/mol. The van der Waals surface area contributed by atoms with Gasteiger partial charge in [-0.3, -0.25) is 4.79 Å². The number of nitrogens with zero attached hydrogens (tertiary/aromatic N) is 2. The summed E-state index contributed by atoms with van der Waals surface area (Å²) in [6.45, 7) is 2.58. The van der Waals surface area contributed by atoms with Crippen LogP contribution in [0, 0.1) is 6.92 Å². The first-order valence-corrected chi connectivity index (χ1v) is 6.27. The molecule has 4 N–H and O–H groups in total. The van der Waals surface area contributed by atoms with E-state index in [0.29, 0.717) is 24.8 Å². The van der Waals surface area contributed by atoms with Crippen molar-refractivity contribution in [2.24, 2.45) is 0 Å². The number of nitrogens with one attached hydrogen (secondary N) is 2. The Bertz CT molecular complexity index is 430. The molecule has 18 heavy (non-hydrogen) atoms. The lowest BCUT2D eigenvalue weighted by atomic mass is 10.2. The molecule has 0 bridgehead atoms. The number of carbonyl (C=O) groups excluding carboxylic acids is 1. The van der Waals surface area contributed by atoms with E-state index in [0.717, 1.165) is 30.6 Å². The van der Waals surface area contributed by atoms with Gasteiger partial charge in [0, 0.05) is 24.6 Å². The lowest BCUT2D eigenvalue weighted by molar-refractivity contribution is -0.121. The van der Waals surface area contributed by atoms with Crippen molar-refractivity contribution >= 4 is 17.5 Å². The fourth-order valence-electron chi connectivity index (χ4n) is 1.63. The van der Waals surface area contributed by atoms with Gasteiger partial charge >= 0.3 is 0 Å². The minimum Gasteiger partial charge on any atom is -0.383 e. The third-order valence-corrected chi connectivity index (χ3v) is 2.94. The van der Waals surface area contributed by atoms with Crippen molar-refractivity contribution in [2.45, 2.75) is 38.6 Å². The molecule has 1 aromatic rings. The molecular weight excluding hydrogens is 230 g/mol. The fraction of sp³-hybridized carbons (Fsp3) is 0.583. The van der Waals surface area contributed by atoms with Crippen LogP contribution in [0.2, 0.25) is 0 Å². The first-order chi connectivity index (χ1) is 8.66. The first kappa shape index (κ1) is 12.6. The molecule has 0 saturated heterocycles. The van der Waals surface area contributed by atoms with E-state index in [1.165, 1.54) is 6.33 Å². The average Bonchev–Trinajstić information content (AvgIpc) is 3.13. The number of nitrogen functional groups attached to an aromatic ring is 1. The van der Waals surface area contributed by atoms with Crippen molar-refractivity contribution in [1.82, 2.24) is 15.3 Å². The van der Waals surface area contributed by atoms with Gasteiger partial charge in [0.05, 0.1) is 0 Å². The Labute approximate surface area is 106 Å². The maximum Gasteiger partial charge on any atom is 0.220 e. The van der Waals surface area contributed by atoms with Crippen LogP contribution in [0.15, 0.2) is 6.33 Å². The van der Waals surface area contributed by atoms with E-state index in [2.05, 4.69) is 20.6 Å². The quantitative estimate of drug-likeness (QED) is 0.650. The van der Waals surface area contributed by atoms with E-state index in [-0.39, 0.29) is 5.91 Å². The molecule has 0 unspecified atom stereocenters. The maximum atomic E-state index is 11.4. The molecule has 1 fully saturated rings. The first-order valence-electron chi connectivity index (χ1n) is 6.27. The molecule has 0 aromatic carbocycles. The van der Waals surface area contributed by atoms with Gasteiger partial charge in [0.25, 0.3) is 0 Å². The van der Waals surface area contributed by atoms with Crippen molar-refractivity contribution in [1.29, 1.82) is 0 Å². The molecule has 98 valence electrons. The van der Waals surface area contributed by atoms with E-state index in [9.17, 15) is 4.79 Å². The van der Waals surface area contributed by atoms with Crippen LogP contribution in [0.4, 0.5) is 11.6 Å². The standard InChI is InChI=1S/C12H19N5O/c1-8-11(13)15-7-16-12(8)14-6-2-3-10(18)17-9-4-5-9/h7,9H,2-6H2,1H3,(H,17,18)(H3,13,14,15,16). The summed E-state index contributed by atoms with van der Waals surface area (Å²) < 4.78 is 0. The largest absolute Gasteiger partial charge is 0.383 e. The van der Waals surface area contributed by atoms with Gasteiger partial charge < -0.3 is 16.4 Å². The number of anilines is 2. The number of rotatable bonds is 6. The maximum absolute atomic E-state index is 11.4. The summed E-state index contributed by atoms with van der Waals surface area (Å²) in [5, 5.41) is 6.13. The number of carbonyl (C=O) groups is 1. The number of aromatic nitrogens is 2. The monoisotopic (exact) mass is 249 g/mol. The molecule has 1 aliphatic carbocycles.